The van der Waals surface area contributed by atoms with E-state index in [4.69, 9.17) is 14.2 Å². The van der Waals surface area contributed by atoms with Crippen LogP contribution in [0.1, 0.15) is 82.8 Å². The van der Waals surface area contributed by atoms with Crippen molar-refractivity contribution in [2.45, 2.75) is 89.5 Å². The molecule has 1 N–H and O–H groups in total. The van der Waals surface area contributed by atoms with E-state index < -0.39 is 6.16 Å². The number of rotatable bonds is 9. The van der Waals surface area contributed by atoms with E-state index in [9.17, 15) is 4.79 Å². The molecule has 1 unspecified atom stereocenters. The predicted octanol–water partition coefficient (Wildman–Crippen LogP) is 5.74. The van der Waals surface area contributed by atoms with Gasteiger partial charge in [0, 0.05) is 11.5 Å². The molecule has 5 heteroatoms. The molecule has 0 amide bonds. The van der Waals surface area contributed by atoms with Gasteiger partial charge in [-0.15, -0.1) is 0 Å². The number of unbranched alkanes of at least 4 members (excludes halogenated alkanes) is 1. The molecule has 2 fully saturated rings. The lowest BCUT2D eigenvalue weighted by Gasteiger charge is -2.56. The van der Waals surface area contributed by atoms with Gasteiger partial charge < -0.3 is 19.5 Å². The Labute approximate surface area is 187 Å². The molecule has 4 rings (SSSR count). The second kappa shape index (κ2) is 10.2. The van der Waals surface area contributed by atoms with Gasteiger partial charge in [0.25, 0.3) is 0 Å². The number of hydrogen-bond donors (Lipinski definition) is 1. The fourth-order valence-corrected chi connectivity index (χ4v) is 6.26. The van der Waals surface area contributed by atoms with Crippen molar-refractivity contribution in [1.29, 1.82) is 0 Å². The zero-order chi connectivity index (χ0) is 21.7. The highest BCUT2D eigenvalue weighted by Gasteiger charge is 2.51. The summed E-state index contributed by atoms with van der Waals surface area (Å²) in [6.45, 7) is 5.74. The molecule has 0 spiro atoms. The van der Waals surface area contributed by atoms with Gasteiger partial charge in [0.2, 0.25) is 6.79 Å². The van der Waals surface area contributed by atoms with E-state index in [0.29, 0.717) is 24.0 Å². The fraction of sp³-hybridized carbons (Fsp3) is 0.731. The van der Waals surface area contributed by atoms with E-state index in [1.165, 1.54) is 43.2 Å². The first-order valence-corrected chi connectivity index (χ1v) is 12.5. The van der Waals surface area contributed by atoms with E-state index in [1.807, 2.05) is 6.07 Å². The SMILES string of the molecule is CCCCC(CC)COC(=O)OCOc1ccc2c(c1)[C@]13CCCC[C@@H]1[C@H](C2)NCC3. The number of carbonyl (C=O) groups excluding carboxylic acids is 1. The van der Waals surface area contributed by atoms with Gasteiger partial charge in [-0.05, 0) is 73.7 Å². The molecule has 3 aliphatic rings. The van der Waals surface area contributed by atoms with Crippen LogP contribution in [0.25, 0.3) is 0 Å². The Morgan fingerprint density at radius 1 is 1.23 bits per heavy atom. The van der Waals surface area contributed by atoms with E-state index in [0.717, 1.165) is 50.3 Å². The Morgan fingerprint density at radius 3 is 2.97 bits per heavy atom. The Kier molecular flexibility index (Phi) is 7.42. The highest BCUT2D eigenvalue weighted by Crippen LogP contribution is 2.54. The molecule has 4 atom stereocenters. The maximum absolute atomic E-state index is 12.0. The highest BCUT2D eigenvalue weighted by molar-refractivity contribution is 5.59. The number of fused-ring (bicyclic) bond motifs is 1. The lowest BCUT2D eigenvalue weighted by Crippen LogP contribution is -2.59. The van der Waals surface area contributed by atoms with E-state index >= 15 is 0 Å². The number of ether oxygens (including phenoxy) is 3. The first-order valence-electron chi connectivity index (χ1n) is 12.5. The molecule has 1 aliphatic heterocycles. The number of carbonyl (C=O) groups is 1. The quantitative estimate of drug-likeness (QED) is 0.401. The van der Waals surface area contributed by atoms with Crippen molar-refractivity contribution in [2.75, 3.05) is 19.9 Å². The molecule has 1 saturated carbocycles. The summed E-state index contributed by atoms with van der Waals surface area (Å²) in [6, 6.07) is 7.08. The molecule has 172 valence electrons. The van der Waals surface area contributed by atoms with E-state index in [1.54, 1.807) is 0 Å². The van der Waals surface area contributed by atoms with Gasteiger partial charge in [-0.2, -0.15) is 0 Å². The van der Waals surface area contributed by atoms with E-state index in [-0.39, 0.29) is 6.79 Å². The van der Waals surface area contributed by atoms with Crippen LogP contribution >= 0.6 is 0 Å². The van der Waals surface area contributed by atoms with Crippen molar-refractivity contribution < 1.29 is 19.0 Å². The molecule has 0 aromatic heterocycles. The van der Waals surface area contributed by atoms with Gasteiger partial charge in [-0.25, -0.2) is 4.79 Å². The fourth-order valence-electron chi connectivity index (χ4n) is 6.26. The first kappa shape index (κ1) is 22.4. The summed E-state index contributed by atoms with van der Waals surface area (Å²) < 4.78 is 16.3. The number of nitrogens with one attached hydrogen (secondary N) is 1. The average Bonchev–Trinajstić information content (AvgIpc) is 2.79. The number of piperidine rings is 1. The topological polar surface area (TPSA) is 56.8 Å². The first-order chi connectivity index (χ1) is 15.2. The van der Waals surface area contributed by atoms with Crippen molar-refractivity contribution in [2.24, 2.45) is 11.8 Å². The van der Waals surface area contributed by atoms with Gasteiger partial charge in [0.15, 0.2) is 0 Å². The summed E-state index contributed by atoms with van der Waals surface area (Å²) in [5.74, 6) is 1.94. The lowest BCUT2D eigenvalue weighted by molar-refractivity contribution is -0.00251. The Morgan fingerprint density at radius 2 is 2.13 bits per heavy atom. The van der Waals surface area contributed by atoms with Crippen LogP contribution in [0.2, 0.25) is 0 Å². The Hall–Kier alpha value is -1.75. The molecule has 2 aliphatic carbocycles. The maximum Gasteiger partial charge on any atom is 0.511 e. The molecule has 1 saturated heterocycles. The highest BCUT2D eigenvalue weighted by atomic mass is 16.8. The molecule has 1 aromatic rings. The number of benzene rings is 1. The Balaban J connectivity index is 1.32. The minimum absolute atomic E-state index is 0.107. The van der Waals surface area contributed by atoms with E-state index in [2.05, 4.69) is 31.3 Å². The van der Waals surface area contributed by atoms with Crippen LogP contribution in [0.3, 0.4) is 0 Å². The maximum atomic E-state index is 12.0. The van der Waals surface area contributed by atoms with Crippen LogP contribution < -0.4 is 10.1 Å². The molecule has 1 heterocycles. The molecule has 31 heavy (non-hydrogen) atoms. The summed E-state index contributed by atoms with van der Waals surface area (Å²) in [5.41, 5.74) is 3.24. The summed E-state index contributed by atoms with van der Waals surface area (Å²) in [7, 11) is 0. The summed E-state index contributed by atoms with van der Waals surface area (Å²) in [5, 5.41) is 3.78. The van der Waals surface area contributed by atoms with Crippen LogP contribution in [0.4, 0.5) is 4.79 Å². The second-order valence-corrected chi connectivity index (χ2v) is 9.73. The van der Waals surface area contributed by atoms with Crippen LogP contribution in [0.5, 0.6) is 5.75 Å². The third kappa shape index (κ3) is 4.87. The number of hydrogen-bond acceptors (Lipinski definition) is 5. The second-order valence-electron chi connectivity index (χ2n) is 9.73. The standard InChI is InChI=1S/C26H39NO4/c1-3-5-8-19(4-2)17-29-25(28)31-18-30-21-11-10-20-15-24-22-9-6-7-12-26(22,13-14-27-24)23(20)16-21/h10-11,16,19,22,24,27H,3-9,12-15,17-18H2,1-2H3/t19?,22-,24+,26+/m1/s1. The third-order valence-corrected chi connectivity index (χ3v) is 8.00. The van der Waals surface area contributed by atoms with Gasteiger partial charge in [-0.1, -0.05) is 52.0 Å². The van der Waals surface area contributed by atoms with Crippen molar-refractivity contribution >= 4 is 6.16 Å². The molecule has 5 nitrogen and oxygen atoms in total. The molecular formula is C26H39NO4. The molecule has 0 radical (unpaired) electrons. The van der Waals surface area contributed by atoms with Crippen LogP contribution in [0.15, 0.2) is 18.2 Å². The minimum Gasteiger partial charge on any atom is -0.457 e. The van der Waals surface area contributed by atoms with Gasteiger partial charge in [-0.3, -0.25) is 0 Å². The summed E-state index contributed by atoms with van der Waals surface area (Å²) >= 11 is 0. The monoisotopic (exact) mass is 429 g/mol. The summed E-state index contributed by atoms with van der Waals surface area (Å²) in [4.78, 5) is 12.0. The van der Waals surface area contributed by atoms with Gasteiger partial charge in [0.05, 0.1) is 6.61 Å². The average molecular weight is 430 g/mol. The van der Waals surface area contributed by atoms with Crippen LogP contribution in [0, 0.1) is 11.8 Å². The molecule has 1 aromatic carbocycles. The molecule has 2 bridgehead atoms. The van der Waals surface area contributed by atoms with Gasteiger partial charge >= 0.3 is 6.16 Å². The van der Waals surface area contributed by atoms with Crippen LogP contribution in [-0.4, -0.2) is 32.1 Å². The third-order valence-electron chi connectivity index (χ3n) is 8.00. The zero-order valence-corrected chi connectivity index (χ0v) is 19.3. The predicted molar refractivity (Wildman–Crippen MR) is 121 cm³/mol. The largest absolute Gasteiger partial charge is 0.511 e. The lowest BCUT2D eigenvalue weighted by atomic mass is 9.53. The van der Waals surface area contributed by atoms with Gasteiger partial charge in [0.1, 0.15) is 5.75 Å². The smallest absolute Gasteiger partial charge is 0.457 e. The summed E-state index contributed by atoms with van der Waals surface area (Å²) in [6.07, 6.45) is 11.4. The van der Waals surface area contributed by atoms with Crippen LogP contribution in [-0.2, 0) is 21.3 Å². The Bertz CT molecular complexity index is 747. The van der Waals surface area contributed by atoms with Crippen molar-refractivity contribution in [3.63, 3.8) is 0 Å². The zero-order valence-electron chi connectivity index (χ0n) is 19.3. The molecular weight excluding hydrogens is 390 g/mol. The minimum atomic E-state index is -0.639. The van der Waals surface area contributed by atoms with Crippen molar-refractivity contribution in [3.8, 4) is 5.75 Å². The van der Waals surface area contributed by atoms with Crippen molar-refractivity contribution in [1.82, 2.24) is 5.32 Å². The van der Waals surface area contributed by atoms with Crippen molar-refractivity contribution in [3.05, 3.63) is 29.3 Å². The normalized spacial score (nSPS) is 27.5.